The zero-order valence-electron chi connectivity index (χ0n) is 15.9. The second-order valence-corrected chi connectivity index (χ2v) is 7.06. The van der Waals surface area contributed by atoms with Crippen LogP contribution in [-0.2, 0) is 17.8 Å². The Kier molecular flexibility index (Phi) is 6.13. The summed E-state index contributed by atoms with van der Waals surface area (Å²) in [6.45, 7) is 9.40. The van der Waals surface area contributed by atoms with Crippen LogP contribution in [0.25, 0.3) is 0 Å². The van der Waals surface area contributed by atoms with Crippen molar-refractivity contribution in [2.75, 3.05) is 0 Å². The van der Waals surface area contributed by atoms with E-state index in [2.05, 4.69) is 36.4 Å². The summed E-state index contributed by atoms with van der Waals surface area (Å²) in [7, 11) is 0. The van der Waals surface area contributed by atoms with E-state index < -0.39 is 4.92 Å². The quantitative estimate of drug-likeness (QED) is 0.606. The molecule has 0 bridgehead atoms. The van der Waals surface area contributed by atoms with E-state index in [9.17, 15) is 14.9 Å². The van der Waals surface area contributed by atoms with Crippen LogP contribution in [0.15, 0.2) is 24.3 Å². The highest BCUT2D eigenvalue weighted by Crippen LogP contribution is 2.22. The van der Waals surface area contributed by atoms with E-state index in [-0.39, 0.29) is 24.2 Å². The Hall–Kier alpha value is -2.70. The summed E-state index contributed by atoms with van der Waals surface area (Å²) in [4.78, 5) is 22.9. The number of nitrogens with zero attached hydrogens (tertiary/aromatic N) is 3. The molecule has 1 amide bonds. The van der Waals surface area contributed by atoms with Crippen molar-refractivity contribution in [2.24, 2.45) is 5.92 Å². The van der Waals surface area contributed by atoms with Gasteiger partial charge < -0.3 is 5.32 Å². The number of nitro groups is 1. The number of benzene rings is 1. The Balaban J connectivity index is 2.01. The molecule has 0 fully saturated rings. The first kappa shape index (κ1) is 19.6. The number of aromatic nitrogens is 2. The SMILES string of the molecule is Cc1nn(CC(=O)NC(C)c2ccc(CC(C)C)cc2)c(C)c1[N+](=O)[O-]. The van der Waals surface area contributed by atoms with Crippen LogP contribution in [0.2, 0.25) is 0 Å². The van der Waals surface area contributed by atoms with Gasteiger partial charge in [0.25, 0.3) is 0 Å². The Bertz CT molecular complexity index is 794. The lowest BCUT2D eigenvalue weighted by atomic mass is 10.00. The number of carbonyl (C=O) groups is 1. The van der Waals surface area contributed by atoms with Gasteiger partial charge in [0.1, 0.15) is 17.9 Å². The lowest BCUT2D eigenvalue weighted by Gasteiger charge is -2.15. The van der Waals surface area contributed by atoms with Gasteiger partial charge >= 0.3 is 5.69 Å². The van der Waals surface area contributed by atoms with Gasteiger partial charge in [-0.05, 0) is 44.2 Å². The van der Waals surface area contributed by atoms with Gasteiger partial charge in [-0.15, -0.1) is 0 Å². The molecule has 140 valence electrons. The van der Waals surface area contributed by atoms with Gasteiger partial charge in [-0.3, -0.25) is 19.6 Å². The number of rotatable bonds is 7. The Morgan fingerprint density at radius 1 is 1.23 bits per heavy atom. The predicted octanol–water partition coefficient (Wildman–Crippen LogP) is 3.48. The smallest absolute Gasteiger partial charge is 0.312 e. The highest BCUT2D eigenvalue weighted by atomic mass is 16.6. The zero-order valence-corrected chi connectivity index (χ0v) is 15.9. The van der Waals surface area contributed by atoms with Crippen LogP contribution in [0.5, 0.6) is 0 Å². The highest BCUT2D eigenvalue weighted by Gasteiger charge is 2.23. The summed E-state index contributed by atoms with van der Waals surface area (Å²) in [5.41, 5.74) is 2.96. The minimum atomic E-state index is -0.465. The Morgan fingerprint density at radius 2 is 1.85 bits per heavy atom. The van der Waals surface area contributed by atoms with Crippen molar-refractivity contribution < 1.29 is 9.72 Å². The van der Waals surface area contributed by atoms with E-state index in [4.69, 9.17) is 0 Å². The summed E-state index contributed by atoms with van der Waals surface area (Å²) < 4.78 is 1.38. The van der Waals surface area contributed by atoms with E-state index in [1.54, 1.807) is 13.8 Å². The monoisotopic (exact) mass is 358 g/mol. The lowest BCUT2D eigenvalue weighted by molar-refractivity contribution is -0.386. The summed E-state index contributed by atoms with van der Waals surface area (Å²) in [6, 6.07) is 8.07. The normalized spacial score (nSPS) is 12.2. The highest BCUT2D eigenvalue weighted by molar-refractivity contribution is 5.76. The van der Waals surface area contributed by atoms with Crippen molar-refractivity contribution in [3.63, 3.8) is 0 Å². The number of hydrogen-bond acceptors (Lipinski definition) is 4. The number of carbonyl (C=O) groups excluding carboxylic acids is 1. The van der Waals surface area contributed by atoms with Crippen molar-refractivity contribution in [1.29, 1.82) is 0 Å². The Morgan fingerprint density at radius 3 is 2.35 bits per heavy atom. The predicted molar refractivity (Wildman–Crippen MR) is 99.9 cm³/mol. The number of nitrogens with one attached hydrogen (secondary N) is 1. The van der Waals surface area contributed by atoms with Crippen LogP contribution in [-0.4, -0.2) is 20.6 Å². The third-order valence-corrected chi connectivity index (χ3v) is 4.32. The van der Waals surface area contributed by atoms with Crippen LogP contribution < -0.4 is 5.32 Å². The zero-order chi connectivity index (χ0) is 19.4. The molecule has 7 nitrogen and oxygen atoms in total. The maximum absolute atomic E-state index is 12.3. The second kappa shape index (κ2) is 8.12. The summed E-state index contributed by atoms with van der Waals surface area (Å²) in [5.74, 6) is 0.368. The van der Waals surface area contributed by atoms with Gasteiger partial charge in [0, 0.05) is 0 Å². The van der Waals surface area contributed by atoms with E-state index in [0.29, 0.717) is 17.3 Å². The molecule has 26 heavy (non-hydrogen) atoms. The molecule has 1 heterocycles. The first-order valence-corrected chi connectivity index (χ1v) is 8.75. The summed E-state index contributed by atoms with van der Waals surface area (Å²) >= 11 is 0. The van der Waals surface area contributed by atoms with Crippen molar-refractivity contribution in [1.82, 2.24) is 15.1 Å². The molecule has 2 rings (SSSR count). The lowest BCUT2D eigenvalue weighted by Crippen LogP contribution is -2.30. The van der Waals surface area contributed by atoms with E-state index in [1.165, 1.54) is 10.2 Å². The second-order valence-electron chi connectivity index (χ2n) is 7.06. The molecular formula is C19H26N4O3. The first-order valence-electron chi connectivity index (χ1n) is 8.75. The maximum Gasteiger partial charge on any atom is 0.312 e. The molecule has 1 unspecified atom stereocenters. The van der Waals surface area contributed by atoms with E-state index in [1.807, 2.05) is 19.1 Å². The van der Waals surface area contributed by atoms with Crippen molar-refractivity contribution in [2.45, 2.75) is 53.6 Å². The molecule has 0 aliphatic carbocycles. The van der Waals surface area contributed by atoms with Gasteiger partial charge in [0.15, 0.2) is 0 Å². The van der Waals surface area contributed by atoms with Gasteiger partial charge in [-0.1, -0.05) is 38.1 Å². The van der Waals surface area contributed by atoms with Crippen molar-refractivity contribution in [3.8, 4) is 0 Å². The van der Waals surface area contributed by atoms with Crippen LogP contribution in [0.1, 0.15) is 49.3 Å². The van der Waals surface area contributed by atoms with Crippen molar-refractivity contribution in [3.05, 3.63) is 56.9 Å². The fourth-order valence-electron chi connectivity index (χ4n) is 3.03. The van der Waals surface area contributed by atoms with E-state index >= 15 is 0 Å². The van der Waals surface area contributed by atoms with E-state index in [0.717, 1.165) is 12.0 Å². The molecule has 1 atom stereocenters. The maximum atomic E-state index is 12.3. The molecule has 1 N–H and O–H groups in total. The third-order valence-electron chi connectivity index (χ3n) is 4.32. The summed E-state index contributed by atoms with van der Waals surface area (Å²) in [5, 5.41) is 18.1. The molecule has 2 aromatic rings. The van der Waals surface area contributed by atoms with Crippen LogP contribution >= 0.6 is 0 Å². The topological polar surface area (TPSA) is 90.1 Å². The van der Waals surface area contributed by atoms with Gasteiger partial charge in [0.05, 0.1) is 11.0 Å². The van der Waals surface area contributed by atoms with Gasteiger partial charge in [0.2, 0.25) is 5.91 Å². The molecule has 0 spiro atoms. The minimum Gasteiger partial charge on any atom is -0.348 e. The molecule has 1 aromatic heterocycles. The Labute approximate surface area is 153 Å². The standard InChI is InChI=1S/C19H26N4O3/c1-12(2)10-16-6-8-17(9-7-16)13(3)20-18(24)11-22-15(5)19(23(25)26)14(4)21-22/h6-9,12-13H,10-11H2,1-5H3,(H,20,24). The van der Waals surface area contributed by atoms with Gasteiger partial charge in [-0.2, -0.15) is 5.10 Å². The average Bonchev–Trinajstić information content (AvgIpc) is 2.81. The summed E-state index contributed by atoms with van der Waals surface area (Å²) in [6.07, 6.45) is 1.03. The molecule has 0 aliphatic heterocycles. The molecular weight excluding hydrogens is 332 g/mol. The van der Waals surface area contributed by atoms with Crippen LogP contribution in [0.3, 0.4) is 0 Å². The minimum absolute atomic E-state index is 0.0356. The van der Waals surface area contributed by atoms with Gasteiger partial charge in [-0.25, -0.2) is 0 Å². The number of aryl methyl sites for hydroxylation is 1. The fourth-order valence-corrected chi connectivity index (χ4v) is 3.03. The molecule has 7 heteroatoms. The van der Waals surface area contributed by atoms with Crippen molar-refractivity contribution >= 4 is 11.6 Å². The molecule has 0 saturated heterocycles. The number of hydrogen-bond donors (Lipinski definition) is 1. The fraction of sp³-hybridized carbons (Fsp3) is 0.474. The molecule has 0 aliphatic rings. The molecule has 1 aromatic carbocycles. The molecule has 0 saturated carbocycles. The largest absolute Gasteiger partial charge is 0.348 e. The third kappa shape index (κ3) is 4.68. The number of amides is 1. The molecule has 0 radical (unpaired) electrons. The first-order chi connectivity index (χ1) is 12.2. The van der Waals surface area contributed by atoms with Crippen LogP contribution in [0.4, 0.5) is 5.69 Å². The average molecular weight is 358 g/mol. The van der Waals surface area contributed by atoms with Crippen LogP contribution in [0, 0.1) is 29.9 Å².